The number of pyridine rings is 1. The zero-order valence-electron chi connectivity index (χ0n) is 15.5. The summed E-state index contributed by atoms with van der Waals surface area (Å²) in [5.41, 5.74) is 7.21. The number of aryl methyl sites for hydroxylation is 3. The number of hydrogen-bond donors (Lipinski definition) is 0. The van der Waals surface area contributed by atoms with Gasteiger partial charge < -0.3 is 4.42 Å². The van der Waals surface area contributed by atoms with Crippen LogP contribution in [0.3, 0.4) is 0 Å². The van der Waals surface area contributed by atoms with E-state index in [1.54, 1.807) is 0 Å². The van der Waals surface area contributed by atoms with Crippen molar-refractivity contribution in [3.8, 4) is 11.3 Å². The first-order chi connectivity index (χ1) is 13.1. The fraction of sp³-hybridized carbons (Fsp3) is 0.125. The lowest BCUT2D eigenvalue weighted by atomic mass is 9.95. The van der Waals surface area contributed by atoms with E-state index in [0.29, 0.717) is 0 Å². The van der Waals surface area contributed by atoms with Gasteiger partial charge in [0.25, 0.3) is 0 Å². The summed E-state index contributed by atoms with van der Waals surface area (Å²) in [6.07, 6.45) is 2.25. The Morgan fingerprint density at radius 1 is 0.889 bits per heavy atom. The molecule has 27 heavy (non-hydrogen) atoms. The number of aromatic nitrogens is 1. The summed E-state index contributed by atoms with van der Waals surface area (Å²) >= 11 is 1.84. The van der Waals surface area contributed by atoms with Gasteiger partial charge in [0.05, 0.1) is 15.8 Å². The van der Waals surface area contributed by atoms with Gasteiger partial charge in [-0.3, -0.25) is 0 Å². The van der Waals surface area contributed by atoms with E-state index in [4.69, 9.17) is 4.42 Å². The lowest BCUT2D eigenvalue weighted by Crippen LogP contribution is -2.32. The molecule has 0 spiro atoms. The van der Waals surface area contributed by atoms with Gasteiger partial charge in [-0.15, -0.1) is 0 Å². The van der Waals surface area contributed by atoms with Gasteiger partial charge in [-0.05, 0) is 43.0 Å². The highest BCUT2D eigenvalue weighted by Crippen LogP contribution is 2.52. The topological polar surface area (TPSA) is 17.0 Å². The highest BCUT2D eigenvalue weighted by atomic mass is 32.2. The molecular weight excluding hydrogens is 350 g/mol. The molecule has 6 rings (SSSR count). The largest absolute Gasteiger partial charge is 0.455 e. The molecule has 130 valence electrons. The van der Waals surface area contributed by atoms with Crippen molar-refractivity contribution in [2.75, 3.05) is 0 Å². The van der Waals surface area contributed by atoms with E-state index in [-0.39, 0.29) is 0 Å². The zero-order chi connectivity index (χ0) is 18.3. The maximum atomic E-state index is 6.37. The molecule has 0 radical (unpaired) electrons. The molecule has 0 fully saturated rings. The molecule has 3 heteroatoms. The summed E-state index contributed by atoms with van der Waals surface area (Å²) in [4.78, 5) is 2.54. The summed E-state index contributed by atoms with van der Waals surface area (Å²) in [6.45, 7) is 4.41. The van der Waals surface area contributed by atoms with Crippen molar-refractivity contribution in [3.05, 3.63) is 65.9 Å². The number of para-hydroxylation sites is 1. The summed E-state index contributed by atoms with van der Waals surface area (Å²) in [5, 5.41) is 5.03. The molecule has 1 aliphatic heterocycles. The third kappa shape index (κ3) is 1.90. The minimum atomic E-state index is 0.957. The van der Waals surface area contributed by atoms with Crippen LogP contribution in [-0.4, -0.2) is 0 Å². The van der Waals surface area contributed by atoms with Crippen LogP contribution in [0, 0.1) is 13.8 Å². The van der Waals surface area contributed by atoms with E-state index in [2.05, 4.69) is 74.1 Å². The summed E-state index contributed by atoms with van der Waals surface area (Å²) < 4.78 is 8.65. The standard InChI is InChI=1S/C24H18NOS/c1-13-7-6-10-19-20(13)22-21-16(14(2)12-25(22)3)11-17-15-8-4-5-9-18(15)26-23(17)24(21)27-19/h4-12H,1-3H3/q+1. The van der Waals surface area contributed by atoms with E-state index < -0.39 is 0 Å². The van der Waals surface area contributed by atoms with Crippen LogP contribution in [0.4, 0.5) is 0 Å². The van der Waals surface area contributed by atoms with Crippen molar-refractivity contribution in [1.82, 2.24) is 0 Å². The summed E-state index contributed by atoms with van der Waals surface area (Å²) in [7, 11) is 2.15. The number of hydrogen-bond acceptors (Lipinski definition) is 2. The maximum Gasteiger partial charge on any atom is 0.222 e. The molecule has 2 aromatic heterocycles. The summed E-state index contributed by atoms with van der Waals surface area (Å²) in [6, 6.07) is 17.2. The molecule has 3 heterocycles. The number of rotatable bonds is 0. The average Bonchev–Trinajstić information content (AvgIpc) is 3.04. The molecule has 0 atom stereocenters. The van der Waals surface area contributed by atoms with Crippen LogP contribution in [0.2, 0.25) is 0 Å². The molecule has 0 amide bonds. The Balaban J connectivity index is 1.92. The van der Waals surface area contributed by atoms with Gasteiger partial charge in [0.2, 0.25) is 5.69 Å². The lowest BCUT2D eigenvalue weighted by molar-refractivity contribution is -0.659. The van der Waals surface area contributed by atoms with Crippen LogP contribution in [0.1, 0.15) is 11.1 Å². The van der Waals surface area contributed by atoms with Gasteiger partial charge in [0.1, 0.15) is 18.2 Å². The number of nitrogens with zero attached hydrogens (tertiary/aromatic N) is 1. The number of furan rings is 1. The summed E-state index contributed by atoms with van der Waals surface area (Å²) in [5.74, 6) is 0. The predicted molar refractivity (Wildman–Crippen MR) is 111 cm³/mol. The maximum absolute atomic E-state index is 6.37. The molecule has 1 aliphatic rings. The van der Waals surface area contributed by atoms with E-state index in [0.717, 1.165) is 11.2 Å². The van der Waals surface area contributed by atoms with Crippen LogP contribution >= 0.6 is 11.8 Å². The van der Waals surface area contributed by atoms with E-state index >= 15 is 0 Å². The van der Waals surface area contributed by atoms with Crippen molar-refractivity contribution in [2.24, 2.45) is 7.05 Å². The van der Waals surface area contributed by atoms with E-state index in [1.165, 1.54) is 53.7 Å². The molecule has 5 aromatic rings. The Labute approximate surface area is 161 Å². The van der Waals surface area contributed by atoms with Crippen molar-refractivity contribution in [1.29, 1.82) is 0 Å². The Hall–Kier alpha value is -2.78. The van der Waals surface area contributed by atoms with Gasteiger partial charge >= 0.3 is 0 Å². The van der Waals surface area contributed by atoms with Crippen LogP contribution in [0.15, 0.2) is 68.9 Å². The smallest absolute Gasteiger partial charge is 0.222 e. The third-order valence-electron chi connectivity index (χ3n) is 5.71. The second kappa shape index (κ2) is 5.14. The first kappa shape index (κ1) is 15.3. The van der Waals surface area contributed by atoms with Gasteiger partial charge in [-0.2, -0.15) is 0 Å². The molecule has 0 bridgehead atoms. The monoisotopic (exact) mass is 368 g/mol. The van der Waals surface area contributed by atoms with Crippen molar-refractivity contribution < 1.29 is 8.98 Å². The van der Waals surface area contributed by atoms with Gasteiger partial charge in [0.15, 0.2) is 6.20 Å². The Bertz CT molecular complexity index is 1430. The molecule has 0 aliphatic carbocycles. The SMILES string of the molecule is Cc1cccc2c1-c1c3c(c4oc5ccccc5c4cc3c(C)c[n+]1C)S2. The normalized spacial score (nSPS) is 12.9. The van der Waals surface area contributed by atoms with Crippen molar-refractivity contribution in [3.63, 3.8) is 0 Å². The average molecular weight is 368 g/mol. The van der Waals surface area contributed by atoms with Crippen LogP contribution in [-0.2, 0) is 7.05 Å². The Morgan fingerprint density at radius 2 is 1.74 bits per heavy atom. The van der Waals surface area contributed by atoms with E-state index in [9.17, 15) is 0 Å². The molecule has 0 N–H and O–H groups in total. The molecule has 2 nitrogen and oxygen atoms in total. The van der Waals surface area contributed by atoms with E-state index in [1.807, 2.05) is 17.8 Å². The van der Waals surface area contributed by atoms with Gasteiger partial charge in [-0.25, -0.2) is 4.57 Å². The second-order valence-electron chi connectivity index (χ2n) is 7.42. The minimum absolute atomic E-state index is 0.957. The minimum Gasteiger partial charge on any atom is -0.455 e. The lowest BCUT2D eigenvalue weighted by Gasteiger charge is -2.20. The molecular formula is C24H18NOS+. The van der Waals surface area contributed by atoms with Crippen molar-refractivity contribution >= 4 is 44.5 Å². The molecule has 0 unspecified atom stereocenters. The van der Waals surface area contributed by atoms with Crippen LogP contribution in [0.5, 0.6) is 0 Å². The number of benzene rings is 3. The quantitative estimate of drug-likeness (QED) is 0.292. The zero-order valence-corrected chi connectivity index (χ0v) is 16.3. The van der Waals surface area contributed by atoms with Crippen LogP contribution in [0.25, 0.3) is 44.0 Å². The van der Waals surface area contributed by atoms with Gasteiger partial charge in [0, 0.05) is 21.2 Å². The Morgan fingerprint density at radius 3 is 2.63 bits per heavy atom. The Kier molecular flexibility index (Phi) is 2.91. The fourth-order valence-electron chi connectivity index (χ4n) is 4.51. The third-order valence-corrected chi connectivity index (χ3v) is 6.86. The highest BCUT2D eigenvalue weighted by molar-refractivity contribution is 8.00. The highest BCUT2D eigenvalue weighted by Gasteiger charge is 2.31. The molecule has 3 aromatic carbocycles. The fourth-order valence-corrected chi connectivity index (χ4v) is 5.79. The molecule has 0 saturated carbocycles. The first-order valence-corrected chi connectivity index (χ1v) is 10.00. The predicted octanol–water partition coefficient (Wildman–Crippen LogP) is 6.31. The first-order valence-electron chi connectivity index (χ1n) is 9.18. The molecule has 0 saturated heterocycles. The van der Waals surface area contributed by atoms with Crippen molar-refractivity contribution in [2.45, 2.75) is 23.6 Å². The van der Waals surface area contributed by atoms with Crippen LogP contribution < -0.4 is 4.57 Å². The van der Waals surface area contributed by atoms with Gasteiger partial charge in [-0.1, -0.05) is 42.1 Å². The number of fused-ring (bicyclic) bond motifs is 6. The second-order valence-corrected chi connectivity index (χ2v) is 8.48.